The second-order valence-electron chi connectivity index (χ2n) is 14.7. The van der Waals surface area contributed by atoms with E-state index in [0.29, 0.717) is 23.9 Å². The summed E-state index contributed by atoms with van der Waals surface area (Å²) < 4.78 is 14.3. The number of ether oxygens (including phenoxy) is 2. The van der Waals surface area contributed by atoms with Gasteiger partial charge in [0.2, 0.25) is 0 Å². The molecule has 0 aromatic rings. The highest BCUT2D eigenvalue weighted by Gasteiger charge is 2.36. The zero-order valence-electron chi connectivity index (χ0n) is 25.8. The summed E-state index contributed by atoms with van der Waals surface area (Å²) in [6, 6.07) is 0. The first kappa shape index (κ1) is 31.0. The highest BCUT2D eigenvalue weighted by atomic mass is 32.2. The van der Waals surface area contributed by atoms with E-state index in [0.717, 1.165) is 68.5 Å². The van der Waals surface area contributed by atoms with Crippen molar-refractivity contribution >= 4 is 29.3 Å². The van der Waals surface area contributed by atoms with E-state index >= 15 is 0 Å². The van der Waals surface area contributed by atoms with Crippen LogP contribution in [0.4, 0.5) is 0 Å². The van der Waals surface area contributed by atoms with Crippen molar-refractivity contribution < 1.29 is 14.3 Å². The van der Waals surface area contributed by atoms with Gasteiger partial charge in [-0.15, -0.1) is 23.5 Å². The Labute approximate surface area is 259 Å². The summed E-state index contributed by atoms with van der Waals surface area (Å²) in [5.74, 6) is 8.38. The topological polar surface area (TPSA) is 35.5 Å². The summed E-state index contributed by atoms with van der Waals surface area (Å²) >= 11 is 4.26. The number of carbonyl (C=O) groups excluding carboxylic acids is 1. The molecule has 4 atom stereocenters. The van der Waals surface area contributed by atoms with E-state index in [2.05, 4.69) is 23.5 Å². The molecule has 0 bridgehead atoms. The quantitative estimate of drug-likeness (QED) is 0.320. The lowest BCUT2D eigenvalue weighted by molar-refractivity contribution is -0.123. The third-order valence-corrected chi connectivity index (χ3v) is 14.9. The molecule has 0 amide bonds. The first-order chi connectivity index (χ1) is 20.2. The fraction of sp³-hybridized carbons (Fsp3) is 0.917. The van der Waals surface area contributed by atoms with Crippen LogP contribution in [0, 0.1) is 35.5 Å². The molecule has 0 aromatic heterocycles. The summed E-state index contributed by atoms with van der Waals surface area (Å²) in [6.07, 6.45) is 28.8. The summed E-state index contributed by atoms with van der Waals surface area (Å²) in [6.45, 7) is 2.07. The Morgan fingerprint density at radius 3 is 1.37 bits per heavy atom. The van der Waals surface area contributed by atoms with E-state index in [9.17, 15) is 4.79 Å². The van der Waals surface area contributed by atoms with Crippen molar-refractivity contribution in [3.63, 3.8) is 0 Å². The van der Waals surface area contributed by atoms with Gasteiger partial charge in [-0.05, 0) is 118 Å². The van der Waals surface area contributed by atoms with Gasteiger partial charge in [0.05, 0.1) is 25.4 Å². The second-order valence-corrected chi connectivity index (χ2v) is 17.1. The number of allylic oxidation sites excluding steroid dienone is 1. The van der Waals surface area contributed by atoms with Crippen LogP contribution in [-0.4, -0.2) is 42.7 Å². The van der Waals surface area contributed by atoms with Crippen LogP contribution < -0.4 is 0 Å². The van der Waals surface area contributed by atoms with Crippen molar-refractivity contribution in [2.75, 3.05) is 24.7 Å². The number of hydrogen-bond acceptors (Lipinski definition) is 5. The maximum absolute atomic E-state index is 11.3. The average molecular weight is 603 g/mol. The molecular weight excluding hydrogens is 545 g/mol. The van der Waals surface area contributed by atoms with E-state index < -0.39 is 0 Å². The molecule has 0 N–H and O–H groups in total. The van der Waals surface area contributed by atoms with Crippen LogP contribution in [0.5, 0.6) is 0 Å². The van der Waals surface area contributed by atoms with Crippen molar-refractivity contribution in [2.24, 2.45) is 35.5 Å². The van der Waals surface area contributed by atoms with Crippen molar-refractivity contribution in [3.8, 4) is 0 Å². The second kappa shape index (κ2) is 15.8. The minimum Gasteiger partial charge on any atom is -0.378 e. The van der Waals surface area contributed by atoms with Crippen molar-refractivity contribution in [1.82, 2.24) is 0 Å². The van der Waals surface area contributed by atoms with Gasteiger partial charge >= 0.3 is 0 Å². The van der Waals surface area contributed by atoms with Crippen LogP contribution in [-0.2, 0) is 14.3 Å². The third kappa shape index (κ3) is 8.60. The minimum atomic E-state index is 0.464. The molecule has 0 spiro atoms. The van der Waals surface area contributed by atoms with Gasteiger partial charge in [0, 0.05) is 17.1 Å². The summed E-state index contributed by atoms with van der Waals surface area (Å²) in [5.41, 5.74) is 1.79. The van der Waals surface area contributed by atoms with Gasteiger partial charge < -0.3 is 9.47 Å². The van der Waals surface area contributed by atoms with Gasteiger partial charge in [-0.3, -0.25) is 4.79 Å². The van der Waals surface area contributed by atoms with E-state index in [-0.39, 0.29) is 0 Å². The number of Topliss-reactive ketones (excluding diaryl/α,β-unsaturated/α-hetero) is 1. The molecule has 4 aliphatic carbocycles. The highest BCUT2D eigenvalue weighted by Crippen LogP contribution is 2.45. The molecule has 41 heavy (non-hydrogen) atoms. The fourth-order valence-corrected chi connectivity index (χ4v) is 12.2. The lowest BCUT2D eigenvalue weighted by atomic mass is 9.78. The van der Waals surface area contributed by atoms with Crippen molar-refractivity contribution in [3.05, 3.63) is 9.81 Å². The Morgan fingerprint density at radius 2 is 0.927 bits per heavy atom. The lowest BCUT2D eigenvalue weighted by Crippen LogP contribution is -2.36. The molecule has 0 aromatic carbocycles. The van der Waals surface area contributed by atoms with Crippen LogP contribution in [0.3, 0.4) is 0 Å². The van der Waals surface area contributed by atoms with Crippen LogP contribution in [0.15, 0.2) is 9.81 Å². The number of hydrogen-bond donors (Lipinski definition) is 0. The molecule has 3 nitrogen and oxygen atoms in total. The molecular formula is C36H58O3S2. The zero-order chi connectivity index (χ0) is 27.9. The Morgan fingerprint density at radius 1 is 0.463 bits per heavy atom. The number of carbonyl (C=O) groups is 1. The Bertz CT molecular complexity index is 817. The molecule has 4 saturated carbocycles. The lowest BCUT2D eigenvalue weighted by Gasteiger charge is -2.38. The maximum Gasteiger partial charge on any atom is 0.132 e. The standard InChI is InChI=1S/C20H32OS2.C16H26O2/c1-2-5-15(4-1)18-10-11-19(21-14-18)16-6-8-17(9-7-16)20-22-12-3-13-23-20;17-15-8-5-13(6-9-15)16-10-7-14(11-18-16)12-3-1-2-4-12/h15-16,18-19H,1-14H2;12-14,16H,1-11H2. The molecule has 5 heteroatoms. The smallest absolute Gasteiger partial charge is 0.132 e. The van der Waals surface area contributed by atoms with Crippen molar-refractivity contribution in [1.29, 1.82) is 0 Å². The van der Waals surface area contributed by atoms with Gasteiger partial charge in [0.15, 0.2) is 0 Å². The van der Waals surface area contributed by atoms with Gasteiger partial charge in [0.1, 0.15) is 5.78 Å². The van der Waals surface area contributed by atoms with Crippen molar-refractivity contribution in [2.45, 2.75) is 147 Å². The zero-order valence-corrected chi connectivity index (χ0v) is 27.5. The van der Waals surface area contributed by atoms with Gasteiger partial charge in [-0.25, -0.2) is 0 Å². The predicted molar refractivity (Wildman–Crippen MR) is 174 cm³/mol. The Hall–Kier alpha value is 0.0300. The third-order valence-electron chi connectivity index (χ3n) is 12.1. The molecule has 3 aliphatic heterocycles. The van der Waals surface area contributed by atoms with E-state index in [1.807, 2.05) is 0 Å². The first-order valence-corrected chi connectivity index (χ1v) is 19.9. The summed E-state index contributed by atoms with van der Waals surface area (Å²) in [7, 11) is 0. The Kier molecular flexibility index (Phi) is 12.0. The SMILES string of the molecule is C1CSC(=C2CCC(C3CCC(C4CCCC4)CO3)CC2)SC1.O=C1CCC(C2CCC(C3CCCC3)CO2)CC1. The van der Waals surface area contributed by atoms with E-state index in [4.69, 9.17) is 9.47 Å². The molecule has 7 aliphatic rings. The average Bonchev–Trinajstić information content (AvgIpc) is 3.79. The monoisotopic (exact) mass is 602 g/mol. The Balaban J connectivity index is 0.000000152. The molecule has 7 rings (SSSR count). The highest BCUT2D eigenvalue weighted by molar-refractivity contribution is 8.22. The van der Waals surface area contributed by atoms with Crippen LogP contribution in [0.2, 0.25) is 0 Å². The van der Waals surface area contributed by atoms with Crippen LogP contribution in [0.25, 0.3) is 0 Å². The summed E-state index contributed by atoms with van der Waals surface area (Å²) in [4.78, 5) is 11.3. The molecule has 232 valence electrons. The largest absolute Gasteiger partial charge is 0.378 e. The first-order valence-electron chi connectivity index (χ1n) is 18.0. The molecule has 7 fully saturated rings. The van der Waals surface area contributed by atoms with Crippen LogP contribution >= 0.6 is 23.5 Å². The number of thioether (sulfide) groups is 2. The van der Waals surface area contributed by atoms with Gasteiger partial charge in [-0.1, -0.05) is 56.9 Å². The predicted octanol–water partition coefficient (Wildman–Crippen LogP) is 9.97. The van der Waals surface area contributed by atoms with Gasteiger partial charge in [0.25, 0.3) is 0 Å². The van der Waals surface area contributed by atoms with Crippen LogP contribution in [0.1, 0.15) is 135 Å². The van der Waals surface area contributed by atoms with E-state index in [1.165, 1.54) is 121 Å². The fourth-order valence-electron chi connectivity index (χ4n) is 9.46. The number of ketones is 1. The molecule has 4 unspecified atom stereocenters. The molecule has 0 radical (unpaired) electrons. The minimum absolute atomic E-state index is 0.464. The molecule has 3 heterocycles. The van der Waals surface area contributed by atoms with Gasteiger partial charge in [-0.2, -0.15) is 0 Å². The molecule has 3 saturated heterocycles. The number of rotatable bonds is 4. The summed E-state index contributed by atoms with van der Waals surface area (Å²) in [5, 5.41) is 0. The van der Waals surface area contributed by atoms with E-state index in [1.54, 1.807) is 9.81 Å². The normalized spacial score (nSPS) is 36.8. The maximum atomic E-state index is 11.3.